The third kappa shape index (κ3) is 4.38. The second kappa shape index (κ2) is 7.28. The standard InChI is InChI=1S/C14H18N2O4/c1-3-20-12(17)7-8-16(2)14(19)11-6-4-5-10(9-11)13(15)18/h4-6,9H,3,7-8H2,1-2H3,(H2,15,18). The van der Waals surface area contributed by atoms with Crippen LogP contribution >= 0.6 is 0 Å². The molecule has 0 fully saturated rings. The van der Waals surface area contributed by atoms with Crippen molar-refractivity contribution in [3.8, 4) is 0 Å². The van der Waals surface area contributed by atoms with Gasteiger partial charge in [0.25, 0.3) is 5.91 Å². The van der Waals surface area contributed by atoms with Crippen LogP contribution in [0.2, 0.25) is 0 Å². The normalized spacial score (nSPS) is 9.90. The van der Waals surface area contributed by atoms with Gasteiger partial charge in [0.05, 0.1) is 13.0 Å². The second-order valence-corrected chi connectivity index (χ2v) is 4.23. The molecule has 0 atom stereocenters. The van der Waals surface area contributed by atoms with Crippen LogP contribution in [0.3, 0.4) is 0 Å². The molecule has 0 aliphatic heterocycles. The lowest BCUT2D eigenvalue weighted by Gasteiger charge is -2.16. The van der Waals surface area contributed by atoms with E-state index in [1.165, 1.54) is 17.0 Å². The quantitative estimate of drug-likeness (QED) is 0.780. The van der Waals surface area contributed by atoms with E-state index in [9.17, 15) is 14.4 Å². The first-order chi connectivity index (χ1) is 9.45. The number of nitrogens with two attached hydrogens (primary N) is 1. The van der Waals surface area contributed by atoms with Crippen molar-refractivity contribution in [3.05, 3.63) is 35.4 Å². The zero-order valence-electron chi connectivity index (χ0n) is 11.6. The molecule has 2 amide bonds. The molecule has 0 saturated carbocycles. The Bertz CT molecular complexity index is 514. The largest absolute Gasteiger partial charge is 0.466 e. The molecule has 0 unspecified atom stereocenters. The number of esters is 1. The van der Waals surface area contributed by atoms with Gasteiger partial charge in [0.2, 0.25) is 5.91 Å². The van der Waals surface area contributed by atoms with E-state index in [-0.39, 0.29) is 30.4 Å². The van der Waals surface area contributed by atoms with Crippen molar-refractivity contribution < 1.29 is 19.1 Å². The van der Waals surface area contributed by atoms with E-state index in [2.05, 4.69) is 0 Å². The molecule has 6 nitrogen and oxygen atoms in total. The number of primary amides is 1. The molecule has 1 aromatic carbocycles. The molecule has 0 aliphatic carbocycles. The van der Waals surface area contributed by atoms with Crippen molar-refractivity contribution in [1.82, 2.24) is 4.90 Å². The molecule has 0 bridgehead atoms. The monoisotopic (exact) mass is 278 g/mol. The number of rotatable bonds is 6. The lowest BCUT2D eigenvalue weighted by atomic mass is 10.1. The first-order valence-electron chi connectivity index (χ1n) is 6.26. The van der Waals surface area contributed by atoms with Crippen LogP contribution < -0.4 is 5.73 Å². The van der Waals surface area contributed by atoms with E-state index in [1.54, 1.807) is 26.1 Å². The fourth-order valence-corrected chi connectivity index (χ4v) is 1.62. The van der Waals surface area contributed by atoms with Gasteiger partial charge in [-0.2, -0.15) is 0 Å². The maximum atomic E-state index is 12.1. The summed E-state index contributed by atoms with van der Waals surface area (Å²) in [6, 6.07) is 6.16. The van der Waals surface area contributed by atoms with Gasteiger partial charge in [-0.15, -0.1) is 0 Å². The minimum Gasteiger partial charge on any atom is -0.466 e. The molecule has 6 heteroatoms. The summed E-state index contributed by atoms with van der Waals surface area (Å²) in [4.78, 5) is 35.8. The fourth-order valence-electron chi connectivity index (χ4n) is 1.62. The van der Waals surface area contributed by atoms with Crippen LogP contribution in [-0.4, -0.2) is 42.9 Å². The predicted octanol–water partition coefficient (Wildman–Crippen LogP) is 0.811. The van der Waals surface area contributed by atoms with Crippen LogP contribution in [0.5, 0.6) is 0 Å². The summed E-state index contributed by atoms with van der Waals surface area (Å²) in [6.07, 6.45) is 0.131. The van der Waals surface area contributed by atoms with E-state index >= 15 is 0 Å². The van der Waals surface area contributed by atoms with Crippen molar-refractivity contribution in [3.63, 3.8) is 0 Å². The molecule has 0 radical (unpaired) electrons. The average molecular weight is 278 g/mol. The van der Waals surface area contributed by atoms with Crippen LogP contribution in [0.15, 0.2) is 24.3 Å². The van der Waals surface area contributed by atoms with Crippen molar-refractivity contribution >= 4 is 17.8 Å². The van der Waals surface area contributed by atoms with Crippen molar-refractivity contribution in [2.45, 2.75) is 13.3 Å². The maximum absolute atomic E-state index is 12.1. The Kier molecular flexibility index (Phi) is 5.71. The molecule has 0 aromatic heterocycles. The van der Waals surface area contributed by atoms with Gasteiger partial charge in [-0.05, 0) is 25.1 Å². The lowest BCUT2D eigenvalue weighted by molar-refractivity contribution is -0.143. The minimum absolute atomic E-state index is 0.131. The molecule has 0 heterocycles. The summed E-state index contributed by atoms with van der Waals surface area (Å²) in [7, 11) is 1.58. The van der Waals surface area contributed by atoms with E-state index < -0.39 is 5.91 Å². The highest BCUT2D eigenvalue weighted by molar-refractivity contribution is 5.99. The van der Waals surface area contributed by atoms with Crippen LogP contribution in [0.4, 0.5) is 0 Å². The Morgan fingerprint density at radius 2 is 1.90 bits per heavy atom. The zero-order chi connectivity index (χ0) is 15.1. The van der Waals surface area contributed by atoms with Crippen molar-refractivity contribution in [2.75, 3.05) is 20.2 Å². The Balaban J connectivity index is 2.67. The Labute approximate surface area is 117 Å². The summed E-state index contributed by atoms with van der Waals surface area (Å²) in [5, 5.41) is 0. The Morgan fingerprint density at radius 1 is 1.25 bits per heavy atom. The van der Waals surface area contributed by atoms with Crippen molar-refractivity contribution in [2.24, 2.45) is 5.73 Å². The number of nitrogens with zero attached hydrogens (tertiary/aromatic N) is 1. The van der Waals surface area contributed by atoms with Gasteiger partial charge >= 0.3 is 5.97 Å². The first kappa shape index (κ1) is 15.7. The van der Waals surface area contributed by atoms with E-state index in [4.69, 9.17) is 10.5 Å². The number of carbonyl (C=O) groups is 3. The molecule has 0 aliphatic rings. The number of benzene rings is 1. The number of hydrogen-bond acceptors (Lipinski definition) is 4. The molecule has 1 rings (SSSR count). The minimum atomic E-state index is -0.589. The maximum Gasteiger partial charge on any atom is 0.307 e. The van der Waals surface area contributed by atoms with Crippen LogP contribution in [0.1, 0.15) is 34.1 Å². The number of hydrogen-bond donors (Lipinski definition) is 1. The van der Waals surface area contributed by atoms with Crippen molar-refractivity contribution in [1.29, 1.82) is 0 Å². The summed E-state index contributed by atoms with van der Waals surface area (Å²) < 4.78 is 4.79. The average Bonchev–Trinajstić information content (AvgIpc) is 2.44. The highest BCUT2D eigenvalue weighted by Crippen LogP contribution is 2.08. The highest BCUT2D eigenvalue weighted by atomic mass is 16.5. The van der Waals surface area contributed by atoms with Gasteiger partial charge in [0.1, 0.15) is 0 Å². The topological polar surface area (TPSA) is 89.7 Å². The van der Waals surface area contributed by atoms with E-state index in [0.29, 0.717) is 12.2 Å². The van der Waals surface area contributed by atoms with Gasteiger partial charge in [-0.3, -0.25) is 14.4 Å². The van der Waals surface area contributed by atoms with Gasteiger partial charge in [-0.1, -0.05) is 6.07 Å². The van der Waals surface area contributed by atoms with Gasteiger partial charge < -0.3 is 15.4 Å². The zero-order valence-corrected chi connectivity index (χ0v) is 11.6. The van der Waals surface area contributed by atoms with E-state index in [1.807, 2.05) is 0 Å². The third-order valence-corrected chi connectivity index (χ3v) is 2.70. The molecular formula is C14H18N2O4. The summed E-state index contributed by atoms with van der Waals surface area (Å²) in [5.74, 6) is -1.22. The Morgan fingerprint density at radius 3 is 2.50 bits per heavy atom. The van der Waals surface area contributed by atoms with Gasteiger partial charge in [0.15, 0.2) is 0 Å². The number of amides is 2. The third-order valence-electron chi connectivity index (χ3n) is 2.70. The molecule has 2 N–H and O–H groups in total. The highest BCUT2D eigenvalue weighted by Gasteiger charge is 2.14. The summed E-state index contributed by atoms with van der Waals surface area (Å²) >= 11 is 0. The molecule has 0 saturated heterocycles. The van der Waals surface area contributed by atoms with Crippen LogP contribution in [-0.2, 0) is 9.53 Å². The van der Waals surface area contributed by atoms with E-state index in [0.717, 1.165) is 0 Å². The summed E-state index contributed by atoms with van der Waals surface area (Å²) in [6.45, 7) is 2.29. The summed E-state index contributed by atoms with van der Waals surface area (Å²) in [5.41, 5.74) is 5.79. The number of carbonyl (C=O) groups excluding carboxylic acids is 3. The smallest absolute Gasteiger partial charge is 0.307 e. The van der Waals surface area contributed by atoms with Crippen LogP contribution in [0, 0.1) is 0 Å². The Hall–Kier alpha value is -2.37. The van der Waals surface area contributed by atoms with Crippen LogP contribution in [0.25, 0.3) is 0 Å². The molecule has 1 aromatic rings. The molecule has 108 valence electrons. The lowest BCUT2D eigenvalue weighted by Crippen LogP contribution is -2.29. The van der Waals surface area contributed by atoms with Gasteiger partial charge in [0, 0.05) is 24.7 Å². The second-order valence-electron chi connectivity index (χ2n) is 4.23. The molecular weight excluding hydrogens is 260 g/mol. The first-order valence-corrected chi connectivity index (χ1v) is 6.26. The molecule has 0 spiro atoms. The molecule has 20 heavy (non-hydrogen) atoms. The number of ether oxygens (including phenoxy) is 1. The fraction of sp³-hybridized carbons (Fsp3) is 0.357. The SMILES string of the molecule is CCOC(=O)CCN(C)C(=O)c1cccc(C(N)=O)c1. The predicted molar refractivity (Wildman–Crippen MR) is 73.2 cm³/mol. The van der Waals surface area contributed by atoms with Gasteiger partial charge in [-0.25, -0.2) is 0 Å².